The second-order valence-corrected chi connectivity index (χ2v) is 6.37. The summed E-state index contributed by atoms with van der Waals surface area (Å²) in [5.41, 5.74) is 4.83. The van der Waals surface area contributed by atoms with Gasteiger partial charge in [-0.3, -0.25) is 4.79 Å². The number of halogens is 1. The molecule has 1 aliphatic rings. The predicted octanol–water partition coefficient (Wildman–Crippen LogP) is 2.00. The van der Waals surface area contributed by atoms with Gasteiger partial charge < -0.3 is 15.8 Å². The van der Waals surface area contributed by atoms with E-state index in [1.165, 1.54) is 0 Å². The maximum atomic E-state index is 12.3. The van der Waals surface area contributed by atoms with Crippen molar-refractivity contribution < 1.29 is 10.0 Å². The number of hydrogen-bond donors (Lipinski definition) is 2. The molecule has 1 saturated carbocycles. The van der Waals surface area contributed by atoms with Crippen molar-refractivity contribution in [2.75, 3.05) is 7.05 Å². The van der Waals surface area contributed by atoms with Crippen LogP contribution < -0.4 is 5.73 Å². The number of nitrogens with two attached hydrogens (primary N) is 1. The molecule has 18 heavy (non-hydrogen) atoms. The summed E-state index contributed by atoms with van der Waals surface area (Å²) in [7, 11) is 1.74. The van der Waals surface area contributed by atoms with E-state index in [1.807, 2.05) is 11.4 Å². The van der Waals surface area contributed by atoms with Gasteiger partial charge in [-0.05, 0) is 34.8 Å². The molecule has 0 bridgehead atoms. The van der Waals surface area contributed by atoms with Gasteiger partial charge in [0.2, 0.25) is 5.91 Å². The molecule has 98 valence electrons. The molecular weight excluding hydrogens is 318 g/mol. The zero-order valence-corrected chi connectivity index (χ0v) is 12.3. The summed E-state index contributed by atoms with van der Waals surface area (Å²) in [6.07, 6.45) is 1.31. The normalized spacial score (nSPS) is 17.6. The first kappa shape index (κ1) is 13.4. The number of nitrogens with zero attached hydrogens (tertiary/aromatic N) is 2. The van der Waals surface area contributed by atoms with Crippen molar-refractivity contribution in [2.24, 2.45) is 16.3 Å². The molecular formula is C11H14BrN3O2S. The highest BCUT2D eigenvalue weighted by atomic mass is 79.9. The van der Waals surface area contributed by atoms with E-state index in [1.54, 1.807) is 23.3 Å². The van der Waals surface area contributed by atoms with Gasteiger partial charge in [-0.2, -0.15) is 0 Å². The number of amides is 1. The molecule has 0 unspecified atom stereocenters. The lowest BCUT2D eigenvalue weighted by Crippen LogP contribution is -2.41. The third-order valence-electron chi connectivity index (χ3n) is 3.12. The lowest BCUT2D eigenvalue weighted by molar-refractivity contribution is -0.133. The van der Waals surface area contributed by atoms with E-state index < -0.39 is 5.41 Å². The van der Waals surface area contributed by atoms with E-state index in [2.05, 4.69) is 21.1 Å². The van der Waals surface area contributed by atoms with Gasteiger partial charge in [-0.1, -0.05) is 5.16 Å². The summed E-state index contributed by atoms with van der Waals surface area (Å²) >= 11 is 4.97. The van der Waals surface area contributed by atoms with E-state index in [-0.39, 0.29) is 11.7 Å². The number of carbonyl (C=O) groups is 1. The van der Waals surface area contributed by atoms with Crippen molar-refractivity contribution in [1.29, 1.82) is 0 Å². The van der Waals surface area contributed by atoms with Crippen molar-refractivity contribution in [2.45, 2.75) is 19.4 Å². The number of amidine groups is 1. The molecule has 0 spiro atoms. The number of thiophene rings is 1. The van der Waals surface area contributed by atoms with E-state index >= 15 is 0 Å². The molecule has 0 radical (unpaired) electrons. The maximum absolute atomic E-state index is 12.3. The number of hydrogen-bond acceptors (Lipinski definition) is 4. The first-order chi connectivity index (χ1) is 8.49. The molecule has 1 fully saturated rings. The standard InChI is InChI=1S/C11H14BrN3O2S/c1-15(5-8-4-7(12)6-18-8)10(16)11(2-3-11)9(13)14-17/h4,6,17H,2-3,5H2,1H3,(H2,13,14). The Balaban J connectivity index is 2.06. The first-order valence-corrected chi connectivity index (χ1v) is 7.13. The lowest BCUT2D eigenvalue weighted by atomic mass is 10.0. The van der Waals surface area contributed by atoms with Crippen LogP contribution in [0, 0.1) is 5.41 Å². The Labute approximate surface area is 117 Å². The number of oxime groups is 1. The molecule has 2 rings (SSSR count). The van der Waals surface area contributed by atoms with Crippen LogP contribution in [0.5, 0.6) is 0 Å². The molecule has 0 aromatic carbocycles. The van der Waals surface area contributed by atoms with Crippen LogP contribution in [0.4, 0.5) is 0 Å². The van der Waals surface area contributed by atoms with Gasteiger partial charge in [-0.15, -0.1) is 11.3 Å². The second-order valence-electron chi connectivity index (χ2n) is 4.46. The fourth-order valence-corrected chi connectivity index (χ4v) is 3.41. The maximum Gasteiger partial charge on any atom is 0.236 e. The molecule has 0 aliphatic heterocycles. The molecule has 1 aromatic heterocycles. The van der Waals surface area contributed by atoms with Crippen molar-refractivity contribution >= 4 is 39.0 Å². The average Bonchev–Trinajstić information content (AvgIpc) is 3.07. The van der Waals surface area contributed by atoms with Gasteiger partial charge in [0.25, 0.3) is 0 Å². The van der Waals surface area contributed by atoms with Crippen LogP contribution >= 0.6 is 27.3 Å². The third kappa shape index (κ3) is 2.37. The molecule has 0 saturated heterocycles. The fourth-order valence-electron chi connectivity index (χ4n) is 1.91. The Hall–Kier alpha value is -1.08. The largest absolute Gasteiger partial charge is 0.409 e. The highest BCUT2D eigenvalue weighted by Crippen LogP contribution is 2.47. The zero-order chi connectivity index (χ0) is 13.3. The first-order valence-electron chi connectivity index (χ1n) is 5.46. The quantitative estimate of drug-likeness (QED) is 0.383. The fraction of sp³-hybridized carbons (Fsp3) is 0.455. The van der Waals surface area contributed by atoms with Crippen molar-refractivity contribution in [3.63, 3.8) is 0 Å². The summed E-state index contributed by atoms with van der Waals surface area (Å²) in [5.74, 6) is -0.0611. The van der Waals surface area contributed by atoms with Crippen LogP contribution in [0.3, 0.4) is 0 Å². The van der Waals surface area contributed by atoms with E-state index in [9.17, 15) is 4.79 Å². The van der Waals surface area contributed by atoms with Gasteiger partial charge in [0.1, 0.15) is 5.41 Å². The molecule has 7 heteroatoms. The second kappa shape index (κ2) is 4.89. The Kier molecular flexibility index (Phi) is 3.63. The van der Waals surface area contributed by atoms with Gasteiger partial charge in [0, 0.05) is 21.8 Å². The summed E-state index contributed by atoms with van der Waals surface area (Å²) in [6.45, 7) is 0.537. The van der Waals surface area contributed by atoms with Crippen LogP contribution in [0.25, 0.3) is 0 Å². The zero-order valence-electron chi connectivity index (χ0n) is 9.89. The highest BCUT2D eigenvalue weighted by Gasteiger charge is 2.55. The number of rotatable bonds is 4. The smallest absolute Gasteiger partial charge is 0.236 e. The highest BCUT2D eigenvalue weighted by molar-refractivity contribution is 9.10. The monoisotopic (exact) mass is 331 g/mol. The lowest BCUT2D eigenvalue weighted by Gasteiger charge is -2.22. The average molecular weight is 332 g/mol. The predicted molar refractivity (Wildman–Crippen MR) is 73.6 cm³/mol. The van der Waals surface area contributed by atoms with E-state index in [0.717, 1.165) is 9.35 Å². The van der Waals surface area contributed by atoms with Crippen molar-refractivity contribution in [3.05, 3.63) is 20.8 Å². The third-order valence-corrected chi connectivity index (χ3v) is 4.80. The van der Waals surface area contributed by atoms with Crippen molar-refractivity contribution in [3.8, 4) is 0 Å². The molecule has 1 aromatic rings. The topological polar surface area (TPSA) is 78.9 Å². The molecule has 1 amide bonds. The molecule has 1 heterocycles. The summed E-state index contributed by atoms with van der Waals surface area (Å²) < 4.78 is 1.01. The SMILES string of the molecule is CN(Cc1cc(Br)cs1)C(=O)C1(C(N)=NO)CC1. The number of carbonyl (C=O) groups excluding carboxylic acids is 1. The summed E-state index contributed by atoms with van der Waals surface area (Å²) in [6, 6.07) is 1.98. The van der Waals surface area contributed by atoms with E-state index in [0.29, 0.717) is 19.4 Å². The van der Waals surface area contributed by atoms with Crippen LogP contribution in [0.15, 0.2) is 21.1 Å². The van der Waals surface area contributed by atoms with Gasteiger partial charge in [0.15, 0.2) is 5.84 Å². The summed E-state index contributed by atoms with van der Waals surface area (Å²) in [5, 5.41) is 13.7. The van der Waals surface area contributed by atoms with Crippen LogP contribution in [-0.2, 0) is 11.3 Å². The minimum Gasteiger partial charge on any atom is -0.409 e. The molecule has 0 atom stereocenters. The van der Waals surface area contributed by atoms with Crippen LogP contribution in [0.2, 0.25) is 0 Å². The molecule has 5 nitrogen and oxygen atoms in total. The van der Waals surface area contributed by atoms with Gasteiger partial charge in [0.05, 0.1) is 6.54 Å². The van der Waals surface area contributed by atoms with Gasteiger partial charge >= 0.3 is 0 Å². The Morgan fingerprint density at radius 2 is 2.39 bits per heavy atom. The Morgan fingerprint density at radius 3 is 2.83 bits per heavy atom. The minimum absolute atomic E-state index is 0.0201. The van der Waals surface area contributed by atoms with Crippen LogP contribution in [-0.4, -0.2) is 28.9 Å². The van der Waals surface area contributed by atoms with Gasteiger partial charge in [-0.25, -0.2) is 0 Å². The Morgan fingerprint density at radius 1 is 1.72 bits per heavy atom. The Bertz CT molecular complexity index is 496. The molecule has 1 aliphatic carbocycles. The minimum atomic E-state index is -0.766. The molecule has 3 N–H and O–H groups in total. The van der Waals surface area contributed by atoms with Crippen LogP contribution in [0.1, 0.15) is 17.7 Å². The summed E-state index contributed by atoms with van der Waals surface area (Å²) in [4.78, 5) is 15.0. The van der Waals surface area contributed by atoms with E-state index in [4.69, 9.17) is 10.9 Å². The van der Waals surface area contributed by atoms with Crippen molar-refractivity contribution in [1.82, 2.24) is 4.90 Å².